The first-order chi connectivity index (χ1) is 10.0. The Labute approximate surface area is 120 Å². The lowest BCUT2D eigenvalue weighted by Gasteiger charge is -2.08. The second-order valence-corrected chi connectivity index (χ2v) is 4.26. The molecule has 1 aromatic heterocycles. The lowest BCUT2D eigenvalue weighted by atomic mass is 10.0. The summed E-state index contributed by atoms with van der Waals surface area (Å²) in [4.78, 5) is 26.7. The Bertz CT molecular complexity index is 701. The quantitative estimate of drug-likeness (QED) is 0.905. The first kappa shape index (κ1) is 14.6. The molecule has 0 aliphatic carbocycles. The van der Waals surface area contributed by atoms with Crippen molar-refractivity contribution in [1.29, 1.82) is 0 Å². The molecule has 0 radical (unpaired) electrons. The van der Waals surface area contributed by atoms with Crippen LogP contribution in [-0.2, 0) is 0 Å². The first-order valence-electron chi connectivity index (χ1n) is 6.31. The molecule has 0 fully saturated rings. The highest BCUT2D eigenvalue weighted by molar-refractivity contribution is 5.97. The molecule has 1 amide bonds. The highest BCUT2D eigenvalue weighted by atomic mass is 19.1. The summed E-state index contributed by atoms with van der Waals surface area (Å²) in [6.07, 6.45) is 1.43. The van der Waals surface area contributed by atoms with Gasteiger partial charge in [-0.2, -0.15) is 0 Å². The molecule has 108 valence electrons. The summed E-state index contributed by atoms with van der Waals surface area (Å²) in [6.45, 7) is 2.13. The molecule has 0 aliphatic rings. The topological polar surface area (TPSA) is 79.3 Å². The van der Waals surface area contributed by atoms with Crippen molar-refractivity contribution < 1.29 is 19.1 Å². The normalized spacial score (nSPS) is 10.2. The van der Waals surface area contributed by atoms with Crippen LogP contribution in [0, 0.1) is 5.82 Å². The molecule has 21 heavy (non-hydrogen) atoms. The number of halogens is 1. The van der Waals surface area contributed by atoms with Crippen LogP contribution in [0.25, 0.3) is 11.3 Å². The lowest BCUT2D eigenvalue weighted by molar-refractivity contribution is 0.0697. The predicted octanol–water partition coefficient (Wildman–Crippen LogP) is 2.34. The number of carbonyl (C=O) groups is 2. The van der Waals surface area contributed by atoms with Gasteiger partial charge < -0.3 is 10.4 Å². The SMILES string of the molecule is CCNC(=O)c1ccc(-c2ncccc2C(=O)O)cc1F. The van der Waals surface area contributed by atoms with E-state index in [2.05, 4.69) is 10.3 Å². The molecular formula is C15H13FN2O3. The Morgan fingerprint density at radius 3 is 2.67 bits per heavy atom. The number of carbonyl (C=O) groups excluding carboxylic acids is 1. The van der Waals surface area contributed by atoms with Gasteiger partial charge in [-0.05, 0) is 31.2 Å². The second kappa shape index (κ2) is 6.13. The van der Waals surface area contributed by atoms with Crippen LogP contribution in [0.15, 0.2) is 36.5 Å². The van der Waals surface area contributed by atoms with E-state index >= 15 is 0 Å². The van der Waals surface area contributed by atoms with Gasteiger partial charge in [0.25, 0.3) is 5.91 Å². The zero-order chi connectivity index (χ0) is 15.4. The van der Waals surface area contributed by atoms with Crippen LogP contribution in [0.5, 0.6) is 0 Å². The maximum Gasteiger partial charge on any atom is 0.337 e. The van der Waals surface area contributed by atoms with Crippen molar-refractivity contribution in [3.05, 3.63) is 53.5 Å². The highest BCUT2D eigenvalue weighted by Crippen LogP contribution is 2.23. The molecule has 0 spiro atoms. The molecule has 2 rings (SSSR count). The fraction of sp³-hybridized carbons (Fsp3) is 0.133. The third-order valence-corrected chi connectivity index (χ3v) is 2.86. The molecular weight excluding hydrogens is 275 g/mol. The maximum atomic E-state index is 14.0. The number of hydrogen-bond donors (Lipinski definition) is 2. The zero-order valence-corrected chi connectivity index (χ0v) is 11.3. The molecule has 0 bridgehead atoms. The van der Waals surface area contributed by atoms with Crippen LogP contribution in [0.2, 0.25) is 0 Å². The van der Waals surface area contributed by atoms with Crippen molar-refractivity contribution in [2.45, 2.75) is 6.92 Å². The van der Waals surface area contributed by atoms with Gasteiger partial charge in [0.2, 0.25) is 0 Å². The van der Waals surface area contributed by atoms with Crippen LogP contribution < -0.4 is 5.32 Å². The molecule has 2 aromatic rings. The van der Waals surface area contributed by atoms with Crippen LogP contribution in [0.1, 0.15) is 27.6 Å². The molecule has 6 heteroatoms. The molecule has 0 atom stereocenters. The number of aromatic carboxylic acids is 1. The minimum Gasteiger partial charge on any atom is -0.478 e. The monoisotopic (exact) mass is 288 g/mol. The number of nitrogens with zero attached hydrogens (tertiary/aromatic N) is 1. The third kappa shape index (κ3) is 3.05. The van der Waals surface area contributed by atoms with Gasteiger partial charge in [-0.3, -0.25) is 9.78 Å². The number of carboxylic acids is 1. The van der Waals surface area contributed by atoms with Crippen molar-refractivity contribution >= 4 is 11.9 Å². The number of nitrogens with one attached hydrogen (secondary N) is 1. The average Bonchev–Trinajstić information content (AvgIpc) is 2.47. The largest absolute Gasteiger partial charge is 0.478 e. The van der Waals surface area contributed by atoms with Gasteiger partial charge in [-0.1, -0.05) is 6.07 Å². The van der Waals surface area contributed by atoms with E-state index in [0.29, 0.717) is 12.1 Å². The van der Waals surface area contributed by atoms with E-state index in [0.717, 1.165) is 6.07 Å². The van der Waals surface area contributed by atoms with Gasteiger partial charge in [-0.15, -0.1) is 0 Å². The Morgan fingerprint density at radius 2 is 2.05 bits per heavy atom. The third-order valence-electron chi connectivity index (χ3n) is 2.86. The Morgan fingerprint density at radius 1 is 1.29 bits per heavy atom. The average molecular weight is 288 g/mol. The maximum absolute atomic E-state index is 14.0. The van der Waals surface area contributed by atoms with E-state index in [-0.39, 0.29) is 16.8 Å². The number of rotatable bonds is 4. The summed E-state index contributed by atoms with van der Waals surface area (Å²) in [7, 11) is 0. The van der Waals surface area contributed by atoms with Gasteiger partial charge in [0.1, 0.15) is 5.82 Å². The highest BCUT2D eigenvalue weighted by Gasteiger charge is 2.16. The van der Waals surface area contributed by atoms with Crippen LogP contribution in [0.4, 0.5) is 4.39 Å². The van der Waals surface area contributed by atoms with E-state index in [1.54, 1.807) is 6.92 Å². The Balaban J connectivity index is 2.46. The van der Waals surface area contributed by atoms with Crippen LogP contribution >= 0.6 is 0 Å². The van der Waals surface area contributed by atoms with Crippen molar-refractivity contribution in [1.82, 2.24) is 10.3 Å². The van der Waals surface area contributed by atoms with Crippen molar-refractivity contribution in [2.24, 2.45) is 0 Å². The number of pyridine rings is 1. The van der Waals surface area contributed by atoms with Gasteiger partial charge in [0.15, 0.2) is 0 Å². The number of carboxylic acid groups (broad SMARTS) is 1. The number of benzene rings is 1. The number of aromatic nitrogens is 1. The fourth-order valence-corrected chi connectivity index (χ4v) is 1.91. The van der Waals surface area contributed by atoms with Crippen molar-refractivity contribution in [2.75, 3.05) is 6.54 Å². The fourth-order valence-electron chi connectivity index (χ4n) is 1.91. The number of hydrogen-bond acceptors (Lipinski definition) is 3. The van der Waals surface area contributed by atoms with Gasteiger partial charge in [-0.25, -0.2) is 9.18 Å². The van der Waals surface area contributed by atoms with E-state index in [4.69, 9.17) is 5.11 Å². The van der Waals surface area contributed by atoms with E-state index < -0.39 is 17.7 Å². The zero-order valence-electron chi connectivity index (χ0n) is 11.3. The minimum absolute atomic E-state index is 0.0253. The predicted molar refractivity (Wildman–Crippen MR) is 74.6 cm³/mol. The molecule has 0 unspecified atom stereocenters. The standard InChI is InChI=1S/C15H13FN2O3/c1-2-17-14(19)10-6-5-9(8-12(10)16)13-11(15(20)21)4-3-7-18-13/h3-8H,2H2,1H3,(H,17,19)(H,20,21). The summed E-state index contributed by atoms with van der Waals surface area (Å²) >= 11 is 0. The van der Waals surface area contributed by atoms with Gasteiger partial charge in [0, 0.05) is 18.3 Å². The number of amides is 1. The summed E-state index contributed by atoms with van der Waals surface area (Å²) in [6, 6.07) is 6.78. The van der Waals surface area contributed by atoms with Crippen LogP contribution in [-0.4, -0.2) is 28.5 Å². The van der Waals surface area contributed by atoms with Gasteiger partial charge in [0.05, 0.1) is 16.8 Å². The van der Waals surface area contributed by atoms with E-state index in [1.165, 1.54) is 30.5 Å². The molecule has 1 aromatic carbocycles. The summed E-state index contributed by atoms with van der Waals surface area (Å²) in [5.74, 6) is -2.38. The molecule has 5 nitrogen and oxygen atoms in total. The summed E-state index contributed by atoms with van der Waals surface area (Å²) in [5, 5.41) is 11.6. The first-order valence-corrected chi connectivity index (χ1v) is 6.31. The molecule has 0 saturated carbocycles. The van der Waals surface area contributed by atoms with Gasteiger partial charge >= 0.3 is 5.97 Å². The molecule has 2 N–H and O–H groups in total. The van der Waals surface area contributed by atoms with E-state index in [1.807, 2.05) is 0 Å². The van der Waals surface area contributed by atoms with Crippen LogP contribution in [0.3, 0.4) is 0 Å². The Kier molecular flexibility index (Phi) is 4.27. The lowest BCUT2D eigenvalue weighted by Crippen LogP contribution is -2.23. The molecule has 0 aliphatic heterocycles. The minimum atomic E-state index is -1.15. The summed E-state index contributed by atoms with van der Waals surface area (Å²) in [5.41, 5.74) is 0.348. The van der Waals surface area contributed by atoms with Crippen molar-refractivity contribution in [3.8, 4) is 11.3 Å². The van der Waals surface area contributed by atoms with Crippen molar-refractivity contribution in [3.63, 3.8) is 0 Å². The Hall–Kier alpha value is -2.76. The smallest absolute Gasteiger partial charge is 0.337 e. The van der Waals surface area contributed by atoms with E-state index in [9.17, 15) is 14.0 Å². The molecule has 0 saturated heterocycles. The second-order valence-electron chi connectivity index (χ2n) is 4.26. The summed E-state index contributed by atoms with van der Waals surface area (Å²) < 4.78 is 14.0. The molecule has 1 heterocycles.